The van der Waals surface area contributed by atoms with Crippen LogP contribution in [-0.4, -0.2) is 54.4 Å². The van der Waals surface area contributed by atoms with E-state index in [-0.39, 0.29) is 54.2 Å². The SMILES string of the molecule is CC(C)N1Cc2c(n(CC(=O)Nc3ccc(F)cn3)c3cc(NC(=O)C4=CN=NC4)nn3c2=O)C1=O. The second kappa shape index (κ2) is 8.79. The van der Waals surface area contributed by atoms with Gasteiger partial charge in [-0.3, -0.25) is 19.2 Å². The number of amides is 3. The van der Waals surface area contributed by atoms with Gasteiger partial charge in [0.2, 0.25) is 5.91 Å². The monoisotopic (exact) mass is 493 g/mol. The quantitative estimate of drug-likeness (QED) is 0.528. The van der Waals surface area contributed by atoms with E-state index in [0.29, 0.717) is 5.57 Å². The molecule has 0 bridgehead atoms. The van der Waals surface area contributed by atoms with Crippen molar-refractivity contribution in [1.82, 2.24) is 24.1 Å². The number of azo groups is 1. The van der Waals surface area contributed by atoms with Crippen molar-refractivity contribution < 1.29 is 18.8 Å². The van der Waals surface area contributed by atoms with Gasteiger partial charge >= 0.3 is 0 Å². The van der Waals surface area contributed by atoms with Gasteiger partial charge in [-0.2, -0.15) is 14.7 Å². The molecule has 36 heavy (non-hydrogen) atoms. The molecule has 0 atom stereocenters. The van der Waals surface area contributed by atoms with E-state index in [0.717, 1.165) is 16.8 Å². The molecule has 0 saturated heterocycles. The maximum absolute atomic E-state index is 13.3. The van der Waals surface area contributed by atoms with Gasteiger partial charge in [0, 0.05) is 12.1 Å². The molecule has 2 N–H and O–H groups in total. The largest absolute Gasteiger partial charge is 0.330 e. The number of pyridine rings is 1. The summed E-state index contributed by atoms with van der Waals surface area (Å²) in [6.45, 7) is 3.45. The van der Waals surface area contributed by atoms with Gasteiger partial charge in [0.25, 0.3) is 17.4 Å². The van der Waals surface area contributed by atoms with Gasteiger partial charge in [0.15, 0.2) is 5.82 Å². The van der Waals surface area contributed by atoms with Crippen molar-refractivity contribution >= 4 is 35.0 Å². The number of fused-ring (bicyclic) bond motifs is 2. The van der Waals surface area contributed by atoms with E-state index in [1.807, 2.05) is 13.8 Å². The zero-order valence-corrected chi connectivity index (χ0v) is 19.2. The average Bonchev–Trinajstić information content (AvgIpc) is 3.57. The molecule has 0 spiro atoms. The molecular formula is C22H20FN9O4. The molecule has 5 heterocycles. The van der Waals surface area contributed by atoms with Crippen molar-refractivity contribution in [1.29, 1.82) is 0 Å². The Kier molecular flexibility index (Phi) is 5.62. The summed E-state index contributed by atoms with van der Waals surface area (Å²) >= 11 is 0. The minimum absolute atomic E-state index is 0.0519. The van der Waals surface area contributed by atoms with Gasteiger partial charge in [0.1, 0.15) is 29.5 Å². The first-order valence-corrected chi connectivity index (χ1v) is 11.0. The number of hydrogen-bond acceptors (Lipinski definition) is 8. The number of nitrogens with zero attached hydrogens (tertiary/aromatic N) is 7. The molecule has 0 fully saturated rings. The summed E-state index contributed by atoms with van der Waals surface area (Å²) in [5, 5.41) is 16.7. The van der Waals surface area contributed by atoms with Crippen LogP contribution in [0.2, 0.25) is 0 Å². The number of aromatic nitrogens is 4. The Balaban J connectivity index is 1.55. The molecule has 0 aromatic carbocycles. The molecular weight excluding hydrogens is 473 g/mol. The van der Waals surface area contributed by atoms with Crippen LogP contribution in [0, 0.1) is 5.82 Å². The lowest BCUT2D eigenvalue weighted by molar-refractivity contribution is -0.116. The summed E-state index contributed by atoms with van der Waals surface area (Å²) < 4.78 is 15.6. The Morgan fingerprint density at radius 2 is 1.97 bits per heavy atom. The molecule has 3 aromatic heterocycles. The minimum Gasteiger partial charge on any atom is -0.330 e. The highest BCUT2D eigenvalue weighted by Gasteiger charge is 2.36. The van der Waals surface area contributed by atoms with E-state index in [4.69, 9.17) is 0 Å². The fourth-order valence-corrected chi connectivity index (χ4v) is 3.99. The second-order valence-electron chi connectivity index (χ2n) is 8.48. The van der Waals surface area contributed by atoms with Crippen LogP contribution in [0.15, 0.2) is 51.2 Å². The van der Waals surface area contributed by atoms with E-state index in [9.17, 15) is 23.6 Å². The van der Waals surface area contributed by atoms with Crippen LogP contribution >= 0.6 is 0 Å². The lowest BCUT2D eigenvalue weighted by Crippen LogP contribution is -2.32. The molecule has 13 nitrogen and oxygen atoms in total. The lowest BCUT2D eigenvalue weighted by atomic mass is 10.2. The predicted molar refractivity (Wildman–Crippen MR) is 124 cm³/mol. The highest BCUT2D eigenvalue weighted by atomic mass is 19.1. The van der Waals surface area contributed by atoms with Crippen molar-refractivity contribution in [2.24, 2.45) is 10.2 Å². The fourth-order valence-electron chi connectivity index (χ4n) is 3.99. The zero-order valence-electron chi connectivity index (χ0n) is 19.2. The van der Waals surface area contributed by atoms with E-state index >= 15 is 0 Å². The summed E-state index contributed by atoms with van der Waals surface area (Å²) in [5.41, 5.74) is 0.172. The third-order valence-corrected chi connectivity index (χ3v) is 5.75. The fraction of sp³-hybridized carbons (Fsp3) is 0.273. The highest BCUT2D eigenvalue weighted by Crippen LogP contribution is 2.25. The summed E-state index contributed by atoms with van der Waals surface area (Å²) in [6, 6.07) is 3.66. The van der Waals surface area contributed by atoms with Crippen LogP contribution < -0.4 is 16.2 Å². The number of rotatable bonds is 6. The van der Waals surface area contributed by atoms with Gasteiger partial charge < -0.3 is 20.1 Å². The molecule has 3 amide bonds. The summed E-state index contributed by atoms with van der Waals surface area (Å²) in [7, 11) is 0. The number of nitrogens with one attached hydrogen (secondary N) is 2. The van der Waals surface area contributed by atoms with Crippen LogP contribution in [0.1, 0.15) is 29.9 Å². The molecule has 0 aliphatic carbocycles. The van der Waals surface area contributed by atoms with E-state index in [1.165, 1.54) is 27.8 Å². The van der Waals surface area contributed by atoms with Gasteiger partial charge in [-0.25, -0.2) is 9.37 Å². The number of anilines is 2. The van der Waals surface area contributed by atoms with E-state index < -0.39 is 29.1 Å². The molecule has 3 aromatic rings. The van der Waals surface area contributed by atoms with E-state index in [2.05, 4.69) is 30.9 Å². The molecule has 0 unspecified atom stereocenters. The Labute approximate surface area is 202 Å². The molecule has 184 valence electrons. The summed E-state index contributed by atoms with van der Waals surface area (Å²) in [6.07, 6.45) is 2.28. The topological polar surface area (TPSA) is 155 Å². The van der Waals surface area contributed by atoms with Crippen molar-refractivity contribution in [2.75, 3.05) is 17.2 Å². The third-order valence-electron chi connectivity index (χ3n) is 5.75. The maximum atomic E-state index is 13.3. The van der Waals surface area contributed by atoms with Gasteiger partial charge in [-0.15, -0.1) is 5.10 Å². The maximum Gasteiger partial charge on any atom is 0.280 e. The van der Waals surface area contributed by atoms with Crippen LogP contribution in [0.4, 0.5) is 16.0 Å². The third kappa shape index (κ3) is 4.01. The molecule has 0 saturated carbocycles. The van der Waals surface area contributed by atoms with Crippen LogP contribution in [0.5, 0.6) is 0 Å². The number of hydrogen-bond donors (Lipinski definition) is 2. The minimum atomic E-state index is -0.566. The molecule has 14 heteroatoms. The van der Waals surface area contributed by atoms with E-state index in [1.54, 1.807) is 0 Å². The van der Waals surface area contributed by atoms with Crippen molar-refractivity contribution in [2.45, 2.75) is 33.0 Å². The molecule has 2 aliphatic rings. The first-order chi connectivity index (χ1) is 17.2. The normalized spacial score (nSPS) is 14.5. The number of halogens is 1. The second-order valence-corrected chi connectivity index (χ2v) is 8.48. The highest BCUT2D eigenvalue weighted by molar-refractivity contribution is 6.04. The van der Waals surface area contributed by atoms with Crippen LogP contribution in [0.25, 0.3) is 5.65 Å². The molecule has 2 aliphatic heterocycles. The Hall–Kier alpha value is -4.75. The Morgan fingerprint density at radius 1 is 1.17 bits per heavy atom. The van der Waals surface area contributed by atoms with Gasteiger partial charge in [0.05, 0.1) is 36.6 Å². The first-order valence-electron chi connectivity index (χ1n) is 11.0. The van der Waals surface area contributed by atoms with Crippen LogP contribution in [-0.2, 0) is 22.7 Å². The van der Waals surface area contributed by atoms with Crippen molar-refractivity contribution in [3.05, 3.63) is 63.6 Å². The standard InChI is InChI=1S/C22H20FN9O4/c1-11(2)30-9-14-19(22(30)36)31(10-17(33)27-15-4-3-13(23)8-24-15)18-5-16(29-32(18)21(14)35)28-20(34)12-6-25-26-7-12/h3-6,8,11H,7,9-10H2,1-2H3,(H,24,27,33)(H,28,29,34). The lowest BCUT2D eigenvalue weighted by Gasteiger charge is -2.20. The number of carbonyl (C=O) groups is 3. The molecule has 0 radical (unpaired) electrons. The van der Waals surface area contributed by atoms with Crippen molar-refractivity contribution in [3.8, 4) is 0 Å². The van der Waals surface area contributed by atoms with Gasteiger partial charge in [-0.05, 0) is 26.0 Å². The van der Waals surface area contributed by atoms with Gasteiger partial charge in [-0.1, -0.05) is 0 Å². The summed E-state index contributed by atoms with van der Waals surface area (Å²) in [4.78, 5) is 57.2. The van der Waals surface area contributed by atoms with Crippen LogP contribution in [0.3, 0.4) is 0 Å². The predicted octanol–water partition coefficient (Wildman–Crippen LogP) is 1.32. The van der Waals surface area contributed by atoms with Crippen molar-refractivity contribution in [3.63, 3.8) is 0 Å². The first kappa shape index (κ1) is 23.0. The molecule has 5 rings (SSSR count). The summed E-state index contributed by atoms with van der Waals surface area (Å²) in [5.74, 6) is -1.85. The Bertz CT molecular complexity index is 1540. The zero-order chi connectivity index (χ0) is 25.6. The Morgan fingerprint density at radius 3 is 2.64 bits per heavy atom. The smallest absolute Gasteiger partial charge is 0.280 e. The number of carbonyl (C=O) groups excluding carboxylic acids is 3. The average molecular weight is 493 g/mol.